The number of carbonyl (C=O) groups excluding carboxylic acids is 1. The third-order valence-electron chi connectivity index (χ3n) is 5.29. The minimum atomic E-state index is 0.0874. The van der Waals surface area contributed by atoms with Crippen LogP contribution in [0.2, 0.25) is 0 Å². The molecule has 0 saturated carbocycles. The zero-order valence-corrected chi connectivity index (χ0v) is 15.5. The van der Waals surface area contributed by atoms with Crippen LogP contribution in [0.25, 0.3) is 5.00 Å². The number of carbonyl (C=O) groups is 1. The third-order valence-corrected chi connectivity index (χ3v) is 6.53. The quantitative estimate of drug-likeness (QED) is 0.658. The molecule has 0 radical (unpaired) electrons. The van der Waals surface area contributed by atoms with Crippen LogP contribution < -0.4 is 0 Å². The fourth-order valence-corrected chi connectivity index (χ4v) is 5.50. The molecule has 3 aromatic rings. The molecule has 1 unspecified atom stereocenters. The number of hydrogen-bond donors (Lipinski definition) is 0. The van der Waals surface area contributed by atoms with Crippen molar-refractivity contribution in [3.8, 4) is 5.00 Å². The van der Waals surface area contributed by atoms with Crippen LogP contribution >= 0.6 is 11.3 Å². The third kappa shape index (κ3) is 2.15. The van der Waals surface area contributed by atoms with Gasteiger partial charge in [-0.1, -0.05) is 24.3 Å². The molecule has 5 nitrogen and oxygen atoms in total. The van der Waals surface area contributed by atoms with E-state index < -0.39 is 0 Å². The molecule has 2 aliphatic rings. The van der Waals surface area contributed by atoms with Crippen LogP contribution in [0.1, 0.15) is 38.8 Å². The Balaban J connectivity index is 1.80. The molecule has 26 heavy (non-hydrogen) atoms. The zero-order chi connectivity index (χ0) is 17.8. The number of aldehydes is 1. The van der Waals surface area contributed by atoms with E-state index in [9.17, 15) is 4.79 Å². The zero-order valence-electron chi connectivity index (χ0n) is 14.7. The van der Waals surface area contributed by atoms with Gasteiger partial charge in [-0.3, -0.25) is 9.56 Å². The highest BCUT2D eigenvalue weighted by Crippen LogP contribution is 2.42. The van der Waals surface area contributed by atoms with Gasteiger partial charge in [0.1, 0.15) is 23.7 Å². The first kappa shape index (κ1) is 15.6. The second-order valence-electron chi connectivity index (χ2n) is 6.97. The van der Waals surface area contributed by atoms with Crippen molar-refractivity contribution in [2.24, 2.45) is 10.9 Å². The van der Waals surface area contributed by atoms with Crippen LogP contribution in [0.4, 0.5) is 0 Å². The molecule has 1 aliphatic carbocycles. The predicted molar refractivity (Wildman–Crippen MR) is 101 cm³/mol. The maximum Gasteiger partial charge on any atom is 0.160 e. The first-order chi connectivity index (χ1) is 12.7. The predicted octanol–water partition coefficient (Wildman–Crippen LogP) is 3.21. The van der Waals surface area contributed by atoms with Crippen molar-refractivity contribution in [3.63, 3.8) is 0 Å². The highest BCUT2D eigenvalue weighted by molar-refractivity contribution is 7.15. The molecule has 0 fully saturated rings. The molecule has 6 heteroatoms. The minimum absolute atomic E-state index is 0.0874. The lowest BCUT2D eigenvalue weighted by Crippen LogP contribution is -2.10. The second kappa shape index (κ2) is 5.71. The maximum atomic E-state index is 11.4. The van der Waals surface area contributed by atoms with Crippen LogP contribution in [0.3, 0.4) is 0 Å². The Morgan fingerprint density at radius 1 is 1.19 bits per heavy atom. The largest absolute Gasteiger partial charge is 0.303 e. The molecule has 0 saturated heterocycles. The van der Waals surface area contributed by atoms with Crippen molar-refractivity contribution in [2.75, 3.05) is 0 Å². The Morgan fingerprint density at radius 2 is 2.04 bits per heavy atom. The Bertz CT molecular complexity index is 1080. The highest BCUT2D eigenvalue weighted by Gasteiger charge is 2.34. The topological polar surface area (TPSA) is 60.1 Å². The van der Waals surface area contributed by atoms with E-state index in [2.05, 4.69) is 46.0 Å². The highest BCUT2D eigenvalue weighted by atomic mass is 32.1. The van der Waals surface area contributed by atoms with E-state index in [0.29, 0.717) is 6.54 Å². The number of aromatic nitrogens is 3. The molecule has 0 N–H and O–H groups in total. The standard InChI is InChI=1S/C20H18N4OS/c1-11-5-3-4-6-14(11)19-18-15-7-13(10-25)8-16(15)26-20(18)24-12(2)22-23-17(24)9-21-19/h3-6,10,13H,7-9H2,1-2H3. The molecule has 3 heterocycles. The van der Waals surface area contributed by atoms with Crippen LogP contribution in [-0.2, 0) is 24.2 Å². The van der Waals surface area contributed by atoms with Gasteiger partial charge in [-0.05, 0) is 37.8 Å². The Kier molecular flexibility index (Phi) is 3.43. The molecule has 130 valence electrons. The van der Waals surface area contributed by atoms with Crippen molar-refractivity contribution in [2.45, 2.75) is 33.2 Å². The molecule has 0 spiro atoms. The summed E-state index contributed by atoms with van der Waals surface area (Å²) >= 11 is 1.77. The van der Waals surface area contributed by atoms with E-state index in [1.54, 1.807) is 11.3 Å². The maximum absolute atomic E-state index is 11.4. The fraction of sp³-hybridized carbons (Fsp3) is 0.300. The number of rotatable bonds is 2. The van der Waals surface area contributed by atoms with Gasteiger partial charge in [0.05, 0.1) is 5.71 Å². The first-order valence-corrected chi connectivity index (χ1v) is 9.61. The Morgan fingerprint density at radius 3 is 2.85 bits per heavy atom. The first-order valence-electron chi connectivity index (χ1n) is 8.79. The second-order valence-corrected chi connectivity index (χ2v) is 8.05. The number of thiophene rings is 1. The van der Waals surface area contributed by atoms with Gasteiger partial charge in [0.15, 0.2) is 5.82 Å². The summed E-state index contributed by atoms with van der Waals surface area (Å²) in [4.78, 5) is 17.6. The van der Waals surface area contributed by atoms with Crippen LogP contribution in [0, 0.1) is 19.8 Å². The molecular formula is C20H18N4OS. The van der Waals surface area contributed by atoms with Crippen LogP contribution in [0.5, 0.6) is 0 Å². The van der Waals surface area contributed by atoms with Crippen molar-refractivity contribution < 1.29 is 4.79 Å². The van der Waals surface area contributed by atoms with Gasteiger partial charge in [-0.25, -0.2) is 0 Å². The van der Waals surface area contributed by atoms with E-state index >= 15 is 0 Å². The number of nitrogens with zero attached hydrogens (tertiary/aromatic N) is 4. The summed E-state index contributed by atoms with van der Waals surface area (Å²) < 4.78 is 2.14. The van der Waals surface area contributed by atoms with Gasteiger partial charge in [0.25, 0.3) is 0 Å². The van der Waals surface area contributed by atoms with E-state index in [4.69, 9.17) is 4.99 Å². The average molecular weight is 362 g/mol. The summed E-state index contributed by atoms with van der Waals surface area (Å²) in [6.07, 6.45) is 2.72. The molecule has 1 aliphatic heterocycles. The lowest BCUT2D eigenvalue weighted by molar-refractivity contribution is -0.110. The van der Waals surface area contributed by atoms with Crippen molar-refractivity contribution >= 4 is 23.3 Å². The molecule has 1 atom stereocenters. The molecule has 0 amide bonds. The summed E-state index contributed by atoms with van der Waals surface area (Å²) in [7, 11) is 0. The SMILES string of the molecule is Cc1ccccc1C1=NCc2nnc(C)n2-c2sc3c(c21)CC(C=O)C3. The number of benzene rings is 1. The normalized spacial score (nSPS) is 17.9. The Labute approximate surface area is 155 Å². The lowest BCUT2D eigenvalue weighted by Gasteiger charge is -2.12. The molecule has 1 aromatic carbocycles. The van der Waals surface area contributed by atoms with Gasteiger partial charge in [-0.15, -0.1) is 21.5 Å². The number of hydrogen-bond acceptors (Lipinski definition) is 5. The van der Waals surface area contributed by atoms with Crippen molar-refractivity contribution in [3.05, 3.63) is 63.0 Å². The average Bonchev–Trinajstić information content (AvgIpc) is 3.26. The molecule has 0 bridgehead atoms. The summed E-state index contributed by atoms with van der Waals surface area (Å²) in [5, 5.41) is 9.75. The summed E-state index contributed by atoms with van der Waals surface area (Å²) in [5.41, 5.74) is 5.83. The summed E-state index contributed by atoms with van der Waals surface area (Å²) in [5.74, 6) is 1.85. The van der Waals surface area contributed by atoms with E-state index in [0.717, 1.165) is 47.1 Å². The van der Waals surface area contributed by atoms with Crippen molar-refractivity contribution in [1.29, 1.82) is 0 Å². The lowest BCUT2D eigenvalue weighted by atomic mass is 9.95. The van der Waals surface area contributed by atoms with E-state index in [1.165, 1.54) is 21.6 Å². The Hall–Kier alpha value is -2.60. The smallest absolute Gasteiger partial charge is 0.160 e. The molecular weight excluding hydrogens is 344 g/mol. The number of aryl methyl sites for hydroxylation is 2. The minimum Gasteiger partial charge on any atom is -0.303 e. The van der Waals surface area contributed by atoms with Gasteiger partial charge in [0, 0.05) is 21.9 Å². The number of aliphatic imine (C=N–C) groups is 1. The fourth-order valence-electron chi connectivity index (χ4n) is 4.01. The van der Waals surface area contributed by atoms with Crippen molar-refractivity contribution in [1.82, 2.24) is 14.8 Å². The van der Waals surface area contributed by atoms with Crippen LogP contribution in [-0.4, -0.2) is 26.8 Å². The van der Waals surface area contributed by atoms with Gasteiger partial charge in [0.2, 0.25) is 0 Å². The van der Waals surface area contributed by atoms with Gasteiger partial charge in [-0.2, -0.15) is 0 Å². The summed E-state index contributed by atoms with van der Waals surface area (Å²) in [6.45, 7) is 4.62. The van der Waals surface area contributed by atoms with E-state index in [1.807, 2.05) is 6.92 Å². The number of fused-ring (bicyclic) bond motifs is 5. The summed E-state index contributed by atoms with van der Waals surface area (Å²) in [6, 6.07) is 8.36. The molecule has 2 aromatic heterocycles. The van der Waals surface area contributed by atoms with E-state index in [-0.39, 0.29) is 5.92 Å². The monoisotopic (exact) mass is 362 g/mol. The van der Waals surface area contributed by atoms with Gasteiger partial charge >= 0.3 is 0 Å². The molecule has 5 rings (SSSR count). The van der Waals surface area contributed by atoms with Gasteiger partial charge < -0.3 is 4.79 Å². The van der Waals surface area contributed by atoms with Crippen LogP contribution in [0.15, 0.2) is 29.3 Å².